The van der Waals surface area contributed by atoms with Gasteiger partial charge < -0.3 is 10.1 Å². The number of nitrogens with one attached hydrogen (secondary N) is 2. The number of rotatable bonds is 8. The van der Waals surface area contributed by atoms with E-state index >= 15 is 0 Å². The molecule has 5 aliphatic rings. The summed E-state index contributed by atoms with van der Waals surface area (Å²) in [6.07, 6.45) is 19.6. The average molecular weight is 584 g/mol. The molecule has 0 aromatic carbocycles. The van der Waals surface area contributed by atoms with Gasteiger partial charge in [0.25, 0.3) is 0 Å². The fourth-order valence-electron chi connectivity index (χ4n) is 10.3. The van der Waals surface area contributed by atoms with Gasteiger partial charge in [0.05, 0.1) is 5.71 Å². The van der Waals surface area contributed by atoms with Crippen LogP contribution in [0.3, 0.4) is 0 Å². The van der Waals surface area contributed by atoms with Crippen molar-refractivity contribution in [3.63, 3.8) is 0 Å². The summed E-state index contributed by atoms with van der Waals surface area (Å²) in [6.45, 7) is 13.9. The van der Waals surface area contributed by atoms with Gasteiger partial charge in [-0.2, -0.15) is 5.10 Å². The fourth-order valence-corrected chi connectivity index (χ4v) is 10.5. The molecule has 6 heteroatoms. The Morgan fingerprint density at radius 1 is 1.05 bits per heavy atom. The molecule has 41 heavy (non-hydrogen) atoms. The van der Waals surface area contributed by atoms with Crippen molar-refractivity contribution in [3.8, 4) is 0 Å². The van der Waals surface area contributed by atoms with Crippen LogP contribution in [0.4, 0.5) is 0 Å². The summed E-state index contributed by atoms with van der Waals surface area (Å²) >= 11 is 5.73. The third-order valence-electron chi connectivity index (χ3n) is 12.4. The second-order valence-corrected chi connectivity index (χ2v) is 15.8. The third-order valence-corrected chi connectivity index (χ3v) is 12.6. The monoisotopic (exact) mass is 583 g/mol. The van der Waals surface area contributed by atoms with Gasteiger partial charge >= 0.3 is 5.97 Å². The summed E-state index contributed by atoms with van der Waals surface area (Å²) in [5.74, 6) is 3.93. The normalized spacial score (nSPS) is 38.6. The smallest absolute Gasteiger partial charge is 0.302 e. The average Bonchev–Trinajstić information content (AvgIpc) is 3.54. The van der Waals surface area contributed by atoms with E-state index in [0.29, 0.717) is 34.3 Å². The minimum Gasteiger partial charge on any atom is -0.462 e. The van der Waals surface area contributed by atoms with E-state index in [9.17, 15) is 4.79 Å². The predicted molar refractivity (Wildman–Crippen MR) is 173 cm³/mol. The lowest BCUT2D eigenvalue weighted by molar-refractivity contribution is -0.148. The predicted octanol–water partition coefficient (Wildman–Crippen LogP) is 8.33. The van der Waals surface area contributed by atoms with Crippen LogP contribution in [0.25, 0.3) is 0 Å². The number of fused-ring (bicyclic) bond motifs is 5. The molecule has 0 aromatic rings. The number of thiocarbonyl (C=S) groups is 1. The molecule has 0 radical (unpaired) electrons. The molecular weight excluding hydrogens is 526 g/mol. The Labute approximate surface area is 255 Å². The molecule has 5 nitrogen and oxygen atoms in total. The topological polar surface area (TPSA) is 62.7 Å². The van der Waals surface area contributed by atoms with Gasteiger partial charge in [-0.3, -0.25) is 10.2 Å². The van der Waals surface area contributed by atoms with E-state index in [1.807, 2.05) is 0 Å². The van der Waals surface area contributed by atoms with Crippen molar-refractivity contribution in [2.45, 2.75) is 144 Å². The van der Waals surface area contributed by atoms with E-state index in [2.05, 4.69) is 51.4 Å². The Morgan fingerprint density at radius 2 is 1.80 bits per heavy atom. The Balaban J connectivity index is 1.41. The first-order valence-electron chi connectivity index (χ1n) is 17.0. The summed E-state index contributed by atoms with van der Waals surface area (Å²) in [4.78, 5) is 11.8. The molecule has 5 rings (SSSR count). The molecule has 0 aromatic heterocycles. The zero-order valence-electron chi connectivity index (χ0n) is 26.8. The highest BCUT2D eigenvalue weighted by molar-refractivity contribution is 7.80. The molecule has 8 atom stereocenters. The quantitative estimate of drug-likeness (QED) is 0.171. The van der Waals surface area contributed by atoms with Gasteiger partial charge in [0.1, 0.15) is 6.10 Å². The summed E-state index contributed by atoms with van der Waals surface area (Å²) in [5.41, 5.74) is 6.47. The molecule has 0 unspecified atom stereocenters. The van der Waals surface area contributed by atoms with E-state index in [1.165, 1.54) is 88.8 Å². The zero-order valence-corrected chi connectivity index (χ0v) is 27.6. The minimum atomic E-state index is -0.167. The van der Waals surface area contributed by atoms with E-state index in [1.54, 1.807) is 0 Å². The molecule has 2 N–H and O–H groups in total. The number of allylic oxidation sites excluding steroid dienone is 1. The van der Waals surface area contributed by atoms with Crippen LogP contribution in [-0.4, -0.2) is 28.9 Å². The van der Waals surface area contributed by atoms with Gasteiger partial charge in [-0.1, -0.05) is 72.3 Å². The summed E-state index contributed by atoms with van der Waals surface area (Å²) in [6, 6.07) is 0.476. The summed E-state index contributed by atoms with van der Waals surface area (Å²) < 4.78 is 5.74. The van der Waals surface area contributed by atoms with Crippen molar-refractivity contribution in [1.82, 2.24) is 10.7 Å². The Morgan fingerprint density at radius 3 is 2.51 bits per heavy atom. The van der Waals surface area contributed by atoms with Crippen LogP contribution in [0.2, 0.25) is 0 Å². The van der Waals surface area contributed by atoms with Gasteiger partial charge in [-0.25, -0.2) is 0 Å². The summed E-state index contributed by atoms with van der Waals surface area (Å²) in [7, 11) is 0. The van der Waals surface area contributed by atoms with E-state index in [-0.39, 0.29) is 17.5 Å². The minimum absolute atomic E-state index is 0.0147. The van der Waals surface area contributed by atoms with Crippen molar-refractivity contribution in [1.29, 1.82) is 0 Å². The first kappa shape index (κ1) is 31.0. The Hall–Kier alpha value is -1.43. The van der Waals surface area contributed by atoms with Crippen LogP contribution < -0.4 is 10.7 Å². The van der Waals surface area contributed by atoms with Crippen molar-refractivity contribution in [3.05, 3.63) is 11.6 Å². The summed E-state index contributed by atoms with van der Waals surface area (Å²) in [5, 5.41) is 9.31. The lowest BCUT2D eigenvalue weighted by atomic mass is 9.46. The molecule has 0 bridgehead atoms. The van der Waals surface area contributed by atoms with E-state index in [0.717, 1.165) is 37.0 Å². The van der Waals surface area contributed by atoms with Crippen LogP contribution in [0, 0.1) is 46.3 Å². The molecule has 0 spiro atoms. The van der Waals surface area contributed by atoms with Gasteiger partial charge in [0.15, 0.2) is 5.11 Å². The van der Waals surface area contributed by atoms with Gasteiger partial charge in [-0.15, -0.1) is 0 Å². The number of hydrogen-bond acceptors (Lipinski definition) is 4. The number of carbonyl (C=O) groups is 1. The second-order valence-electron chi connectivity index (χ2n) is 15.4. The van der Waals surface area contributed by atoms with Gasteiger partial charge in [0.2, 0.25) is 0 Å². The second kappa shape index (κ2) is 12.7. The standard InChI is InChI=1S/C35H57N3O2S/c1-22(2)10-9-11-23(3)28-14-15-29-32-30(17-19-35(28,29)6)34(5)18-16-27(40-24(4)39)20-25(34)21-31(32)37-38-33(41)36-26-12-7-8-13-26/h21-23,26-30,32H,7-20H2,1-6H3,(H2,36,38,41)/b37-31+/t23-,27+,28-,29+,30+,32+,34+,35-/m1/s1. The Bertz CT molecular complexity index is 1030. The van der Waals surface area contributed by atoms with Gasteiger partial charge in [-0.05, 0) is 110 Å². The molecule has 5 aliphatic carbocycles. The van der Waals surface area contributed by atoms with Crippen molar-refractivity contribution >= 4 is 29.0 Å². The zero-order chi connectivity index (χ0) is 29.4. The molecular formula is C35H57N3O2S. The van der Waals surface area contributed by atoms with E-state index in [4.69, 9.17) is 22.1 Å². The first-order valence-corrected chi connectivity index (χ1v) is 17.4. The molecule has 0 amide bonds. The number of ether oxygens (including phenoxy) is 1. The van der Waals surface area contributed by atoms with Gasteiger partial charge in [0, 0.05) is 25.3 Å². The molecule has 0 saturated heterocycles. The number of esters is 1. The maximum Gasteiger partial charge on any atom is 0.302 e. The highest BCUT2D eigenvalue weighted by atomic mass is 32.1. The third kappa shape index (κ3) is 6.43. The maximum absolute atomic E-state index is 11.8. The molecule has 0 aliphatic heterocycles. The fraction of sp³-hybridized carbons (Fsp3) is 0.857. The first-order chi connectivity index (χ1) is 19.5. The molecule has 4 fully saturated rings. The van der Waals surface area contributed by atoms with Crippen LogP contribution in [0.5, 0.6) is 0 Å². The van der Waals surface area contributed by atoms with Crippen LogP contribution >= 0.6 is 12.2 Å². The highest BCUT2D eigenvalue weighted by Gasteiger charge is 2.61. The maximum atomic E-state index is 11.8. The van der Waals surface area contributed by atoms with Crippen LogP contribution in [0.1, 0.15) is 131 Å². The van der Waals surface area contributed by atoms with Crippen molar-refractivity contribution < 1.29 is 9.53 Å². The largest absolute Gasteiger partial charge is 0.462 e. The van der Waals surface area contributed by atoms with Crippen molar-refractivity contribution in [2.24, 2.45) is 51.4 Å². The number of hydrazone groups is 1. The molecule has 230 valence electrons. The lowest BCUT2D eigenvalue weighted by Crippen LogP contribution is -2.54. The molecule has 0 heterocycles. The van der Waals surface area contributed by atoms with Crippen molar-refractivity contribution in [2.75, 3.05) is 0 Å². The van der Waals surface area contributed by atoms with E-state index < -0.39 is 0 Å². The number of hydrogen-bond donors (Lipinski definition) is 2. The Kier molecular flexibility index (Phi) is 9.58. The number of nitrogens with zero attached hydrogens (tertiary/aromatic N) is 1. The van der Waals surface area contributed by atoms with Crippen LogP contribution in [-0.2, 0) is 9.53 Å². The number of carbonyl (C=O) groups excluding carboxylic acids is 1. The highest BCUT2D eigenvalue weighted by Crippen LogP contribution is 2.67. The molecule has 4 saturated carbocycles. The lowest BCUT2D eigenvalue weighted by Gasteiger charge is -2.58. The SMILES string of the molecule is CC(=O)O[C@H]1CC[C@@]2(C)C(=C/C(=N\NC(=S)NC3CCCC3)[C@H]3[C@@H]4CC[C@H]([C@H](C)CCCC(C)C)[C@@]4(C)CC[C@@H]32)C1. The van der Waals surface area contributed by atoms with Crippen LogP contribution in [0.15, 0.2) is 16.8 Å².